The van der Waals surface area contributed by atoms with Crippen LogP contribution in [0.2, 0.25) is 0 Å². The molecule has 0 aliphatic rings. The van der Waals surface area contributed by atoms with Gasteiger partial charge in [0, 0.05) is 24.4 Å². The van der Waals surface area contributed by atoms with E-state index >= 15 is 0 Å². The highest BCUT2D eigenvalue weighted by atomic mass is 16.5. The predicted octanol–water partition coefficient (Wildman–Crippen LogP) is 4.13. The first-order valence-corrected chi connectivity index (χ1v) is 8.77. The molecule has 1 heterocycles. The molecule has 130 valence electrons. The number of hydrogen-bond acceptors (Lipinski definition) is 4. The number of benzene rings is 2. The molecule has 5 nitrogen and oxygen atoms in total. The maximum Gasteiger partial charge on any atom is 0.227 e. The van der Waals surface area contributed by atoms with Gasteiger partial charge in [-0.2, -0.15) is 4.98 Å². The Bertz CT molecular complexity index is 852. The Balaban J connectivity index is 1.67. The number of carbonyl (C=O) groups excluding carboxylic acids is 1. The van der Waals surface area contributed by atoms with Crippen molar-refractivity contribution in [3.05, 3.63) is 48.4 Å². The van der Waals surface area contributed by atoms with Gasteiger partial charge in [-0.25, -0.2) is 0 Å². The average Bonchev–Trinajstić information content (AvgIpc) is 3.08. The van der Waals surface area contributed by atoms with Crippen molar-refractivity contribution < 1.29 is 9.32 Å². The van der Waals surface area contributed by atoms with E-state index in [-0.39, 0.29) is 11.9 Å². The molecule has 1 aromatic heterocycles. The summed E-state index contributed by atoms with van der Waals surface area (Å²) in [4.78, 5) is 16.4. The number of carbonyl (C=O) groups is 1. The number of aryl methyl sites for hydroxylation is 1. The van der Waals surface area contributed by atoms with Gasteiger partial charge >= 0.3 is 0 Å². The fourth-order valence-electron chi connectivity index (χ4n) is 2.96. The van der Waals surface area contributed by atoms with Gasteiger partial charge in [0.1, 0.15) is 0 Å². The standard InChI is InChI=1S/C20H23N3O2/c1-3-7-14(2)21-18(24)12-13-19-22-20(23-25-19)17-11-6-9-15-8-4-5-10-16(15)17/h4-6,8-11,14H,3,7,12-13H2,1-2H3,(H,21,24). The monoisotopic (exact) mass is 337 g/mol. The summed E-state index contributed by atoms with van der Waals surface area (Å²) in [5, 5.41) is 9.29. The van der Waals surface area contributed by atoms with Crippen molar-refractivity contribution in [3.8, 4) is 11.4 Å². The molecular formula is C20H23N3O2. The molecular weight excluding hydrogens is 314 g/mol. The Morgan fingerprint density at radius 2 is 2.00 bits per heavy atom. The summed E-state index contributed by atoms with van der Waals surface area (Å²) in [7, 11) is 0. The molecule has 0 radical (unpaired) electrons. The Morgan fingerprint density at radius 1 is 1.20 bits per heavy atom. The topological polar surface area (TPSA) is 68.0 Å². The summed E-state index contributed by atoms with van der Waals surface area (Å²) in [5.41, 5.74) is 0.939. The van der Waals surface area contributed by atoms with Crippen LogP contribution < -0.4 is 5.32 Å². The molecule has 0 aliphatic heterocycles. The minimum absolute atomic E-state index is 0.0193. The van der Waals surface area contributed by atoms with E-state index in [1.807, 2.05) is 37.3 Å². The Hall–Kier alpha value is -2.69. The first-order chi connectivity index (χ1) is 12.2. The molecule has 0 spiro atoms. The Kier molecular flexibility index (Phi) is 5.43. The molecule has 0 fully saturated rings. The van der Waals surface area contributed by atoms with Crippen molar-refractivity contribution >= 4 is 16.7 Å². The van der Waals surface area contributed by atoms with Crippen LogP contribution in [0.1, 0.15) is 39.0 Å². The lowest BCUT2D eigenvalue weighted by molar-refractivity contribution is -0.121. The molecule has 0 aliphatic carbocycles. The van der Waals surface area contributed by atoms with E-state index in [4.69, 9.17) is 4.52 Å². The fraction of sp³-hybridized carbons (Fsp3) is 0.350. The molecule has 0 bridgehead atoms. The van der Waals surface area contributed by atoms with Crippen molar-refractivity contribution in [2.24, 2.45) is 0 Å². The highest BCUT2D eigenvalue weighted by Crippen LogP contribution is 2.26. The molecule has 1 unspecified atom stereocenters. The third-order valence-corrected chi connectivity index (χ3v) is 4.19. The van der Waals surface area contributed by atoms with Gasteiger partial charge in [-0.1, -0.05) is 61.0 Å². The average molecular weight is 337 g/mol. The molecule has 0 saturated carbocycles. The molecule has 3 rings (SSSR count). The van der Waals surface area contributed by atoms with Crippen molar-refractivity contribution in [1.29, 1.82) is 0 Å². The van der Waals surface area contributed by atoms with Gasteiger partial charge < -0.3 is 9.84 Å². The lowest BCUT2D eigenvalue weighted by Crippen LogP contribution is -2.32. The van der Waals surface area contributed by atoms with Gasteiger partial charge in [-0.3, -0.25) is 4.79 Å². The first kappa shape index (κ1) is 17.1. The largest absolute Gasteiger partial charge is 0.354 e. The maximum atomic E-state index is 12.0. The van der Waals surface area contributed by atoms with Gasteiger partial charge in [0.2, 0.25) is 17.6 Å². The normalized spacial score (nSPS) is 12.2. The molecule has 1 amide bonds. The van der Waals surface area contributed by atoms with Crippen molar-refractivity contribution in [2.75, 3.05) is 0 Å². The molecule has 1 atom stereocenters. The summed E-state index contributed by atoms with van der Waals surface area (Å²) in [6, 6.07) is 14.3. The third-order valence-electron chi connectivity index (χ3n) is 4.19. The fourth-order valence-corrected chi connectivity index (χ4v) is 2.96. The van der Waals surface area contributed by atoms with Crippen molar-refractivity contribution in [2.45, 2.75) is 45.6 Å². The first-order valence-electron chi connectivity index (χ1n) is 8.77. The predicted molar refractivity (Wildman–Crippen MR) is 98.1 cm³/mol. The Morgan fingerprint density at radius 3 is 2.84 bits per heavy atom. The molecule has 5 heteroatoms. The second-order valence-electron chi connectivity index (χ2n) is 6.30. The van der Waals surface area contributed by atoms with Crippen LogP contribution in [0.3, 0.4) is 0 Å². The van der Waals surface area contributed by atoms with Crippen molar-refractivity contribution in [3.63, 3.8) is 0 Å². The number of amides is 1. The van der Waals surface area contributed by atoms with Crippen LogP contribution in [0, 0.1) is 0 Å². The summed E-state index contributed by atoms with van der Waals surface area (Å²) >= 11 is 0. The van der Waals surface area contributed by atoms with Gasteiger partial charge in [0.15, 0.2) is 0 Å². The van der Waals surface area contributed by atoms with Gasteiger partial charge in [-0.15, -0.1) is 0 Å². The van der Waals surface area contributed by atoms with Crippen LogP contribution in [0.15, 0.2) is 47.0 Å². The van der Waals surface area contributed by atoms with Crippen LogP contribution in [0.4, 0.5) is 0 Å². The van der Waals surface area contributed by atoms with Crippen LogP contribution in [-0.2, 0) is 11.2 Å². The highest BCUT2D eigenvalue weighted by Gasteiger charge is 2.13. The molecule has 25 heavy (non-hydrogen) atoms. The quantitative estimate of drug-likeness (QED) is 0.704. The van der Waals surface area contributed by atoms with Crippen LogP contribution in [0.5, 0.6) is 0 Å². The van der Waals surface area contributed by atoms with Gasteiger partial charge in [0.05, 0.1) is 0 Å². The van der Waals surface area contributed by atoms with E-state index in [1.54, 1.807) is 0 Å². The van der Waals surface area contributed by atoms with E-state index in [2.05, 4.69) is 34.5 Å². The number of nitrogens with one attached hydrogen (secondary N) is 1. The molecule has 2 aromatic carbocycles. The van der Waals surface area contributed by atoms with E-state index < -0.39 is 0 Å². The van der Waals surface area contributed by atoms with Gasteiger partial charge in [0.25, 0.3) is 0 Å². The second kappa shape index (κ2) is 7.92. The zero-order chi connectivity index (χ0) is 17.6. The van der Waals surface area contributed by atoms with E-state index in [0.29, 0.717) is 24.6 Å². The summed E-state index contributed by atoms with van der Waals surface area (Å²) in [6.07, 6.45) is 2.84. The highest BCUT2D eigenvalue weighted by molar-refractivity contribution is 5.94. The zero-order valence-electron chi connectivity index (χ0n) is 14.7. The van der Waals surface area contributed by atoms with E-state index in [9.17, 15) is 4.79 Å². The SMILES string of the molecule is CCCC(C)NC(=O)CCc1nc(-c2cccc3ccccc23)no1. The molecule has 1 N–H and O–H groups in total. The summed E-state index contributed by atoms with van der Waals surface area (Å²) in [6.45, 7) is 4.13. The number of rotatable bonds is 7. The molecule has 3 aromatic rings. The maximum absolute atomic E-state index is 12.0. The minimum atomic E-state index is 0.0193. The minimum Gasteiger partial charge on any atom is -0.354 e. The zero-order valence-corrected chi connectivity index (χ0v) is 14.7. The number of aromatic nitrogens is 2. The lowest BCUT2D eigenvalue weighted by atomic mass is 10.0. The lowest BCUT2D eigenvalue weighted by Gasteiger charge is -2.11. The summed E-state index contributed by atoms with van der Waals surface area (Å²) < 4.78 is 5.33. The van der Waals surface area contributed by atoms with Crippen molar-refractivity contribution in [1.82, 2.24) is 15.5 Å². The van der Waals surface area contributed by atoms with Crippen LogP contribution in [0.25, 0.3) is 22.2 Å². The number of hydrogen-bond donors (Lipinski definition) is 1. The summed E-state index contributed by atoms with van der Waals surface area (Å²) in [5.74, 6) is 1.07. The third kappa shape index (κ3) is 4.24. The molecule has 0 saturated heterocycles. The van der Waals surface area contributed by atoms with Crippen LogP contribution >= 0.6 is 0 Å². The van der Waals surface area contributed by atoms with E-state index in [1.165, 1.54) is 0 Å². The number of nitrogens with zero attached hydrogens (tertiary/aromatic N) is 2. The Labute approximate surface area is 147 Å². The van der Waals surface area contributed by atoms with E-state index in [0.717, 1.165) is 29.2 Å². The second-order valence-corrected chi connectivity index (χ2v) is 6.30. The van der Waals surface area contributed by atoms with Crippen LogP contribution in [-0.4, -0.2) is 22.1 Å². The number of fused-ring (bicyclic) bond motifs is 1. The smallest absolute Gasteiger partial charge is 0.227 e. The van der Waals surface area contributed by atoms with Gasteiger partial charge in [-0.05, 0) is 24.1 Å².